The lowest BCUT2D eigenvalue weighted by Gasteiger charge is -2.09. The number of carbonyl (C=O) groups is 1. The van der Waals surface area contributed by atoms with Crippen LogP contribution in [0.25, 0.3) is 11.4 Å². The molecular formula is C15H12FN5O3S. The molecule has 0 spiro atoms. The number of methoxy groups -OCH3 is 2. The van der Waals surface area contributed by atoms with Gasteiger partial charge in [0.1, 0.15) is 17.8 Å². The zero-order valence-corrected chi connectivity index (χ0v) is 14.0. The van der Waals surface area contributed by atoms with E-state index in [9.17, 15) is 9.18 Å². The van der Waals surface area contributed by atoms with Crippen LogP contribution in [0.5, 0.6) is 11.8 Å². The van der Waals surface area contributed by atoms with E-state index in [-0.39, 0.29) is 17.3 Å². The van der Waals surface area contributed by atoms with Crippen LogP contribution in [0.4, 0.5) is 9.52 Å². The molecule has 0 aliphatic rings. The zero-order valence-electron chi connectivity index (χ0n) is 13.2. The van der Waals surface area contributed by atoms with Crippen LogP contribution in [0.15, 0.2) is 30.0 Å². The molecule has 1 amide bonds. The molecule has 0 radical (unpaired) electrons. The van der Waals surface area contributed by atoms with Gasteiger partial charge >= 0.3 is 0 Å². The van der Waals surface area contributed by atoms with Crippen molar-refractivity contribution < 1.29 is 18.7 Å². The molecule has 1 N–H and O–H groups in total. The van der Waals surface area contributed by atoms with Crippen LogP contribution in [0.3, 0.4) is 0 Å². The number of nitrogens with one attached hydrogen (secondary N) is 1. The fourth-order valence-electron chi connectivity index (χ4n) is 1.99. The first-order valence-corrected chi connectivity index (χ1v) is 7.82. The molecule has 0 atom stereocenters. The lowest BCUT2D eigenvalue weighted by Crippen LogP contribution is -2.16. The van der Waals surface area contributed by atoms with Gasteiger partial charge in [0.05, 0.1) is 26.1 Å². The summed E-state index contributed by atoms with van der Waals surface area (Å²) in [4.78, 5) is 28.5. The number of ether oxygens (including phenoxy) is 2. The number of rotatable bonds is 5. The largest absolute Gasteiger partial charge is 0.480 e. The van der Waals surface area contributed by atoms with Crippen molar-refractivity contribution in [3.8, 4) is 23.1 Å². The van der Waals surface area contributed by atoms with Gasteiger partial charge in [-0.1, -0.05) is 0 Å². The summed E-state index contributed by atoms with van der Waals surface area (Å²) in [5.41, 5.74) is 1.07. The summed E-state index contributed by atoms with van der Waals surface area (Å²) in [6, 6.07) is 2.80. The van der Waals surface area contributed by atoms with Gasteiger partial charge < -0.3 is 9.47 Å². The zero-order chi connectivity index (χ0) is 17.8. The monoisotopic (exact) mass is 361 g/mol. The molecule has 128 valence electrons. The Balaban J connectivity index is 1.84. The highest BCUT2D eigenvalue weighted by atomic mass is 32.1. The molecule has 10 heteroatoms. The number of amides is 1. The molecule has 8 nitrogen and oxygen atoms in total. The molecule has 3 rings (SSSR count). The fraction of sp³-hybridized carbons (Fsp3) is 0.133. The van der Waals surface area contributed by atoms with Crippen LogP contribution in [0.1, 0.15) is 10.4 Å². The Morgan fingerprint density at radius 2 is 1.84 bits per heavy atom. The number of aromatic nitrogens is 4. The third-order valence-corrected chi connectivity index (χ3v) is 3.86. The van der Waals surface area contributed by atoms with Crippen LogP contribution in [-0.4, -0.2) is 40.1 Å². The number of thiazole rings is 1. The Morgan fingerprint density at radius 1 is 1.12 bits per heavy atom. The van der Waals surface area contributed by atoms with Gasteiger partial charge in [0, 0.05) is 5.38 Å². The molecule has 0 aromatic carbocycles. The summed E-state index contributed by atoms with van der Waals surface area (Å²) in [5, 5.41) is 4.67. The number of hydrogen-bond donors (Lipinski definition) is 1. The molecule has 0 fully saturated rings. The predicted molar refractivity (Wildman–Crippen MR) is 88.4 cm³/mol. The average Bonchev–Trinajstić information content (AvgIpc) is 3.09. The van der Waals surface area contributed by atoms with E-state index in [1.165, 1.54) is 44.0 Å². The van der Waals surface area contributed by atoms with Crippen molar-refractivity contribution in [2.45, 2.75) is 0 Å². The number of nitrogens with zero attached hydrogens (tertiary/aromatic N) is 4. The highest BCUT2D eigenvalue weighted by Gasteiger charge is 2.22. The van der Waals surface area contributed by atoms with Gasteiger partial charge in [-0.25, -0.2) is 19.3 Å². The van der Waals surface area contributed by atoms with E-state index >= 15 is 0 Å². The van der Waals surface area contributed by atoms with Crippen LogP contribution in [-0.2, 0) is 0 Å². The van der Waals surface area contributed by atoms with Crippen molar-refractivity contribution in [3.63, 3.8) is 0 Å². The fourth-order valence-corrected chi connectivity index (χ4v) is 2.69. The van der Waals surface area contributed by atoms with Crippen molar-refractivity contribution in [2.75, 3.05) is 19.5 Å². The Kier molecular flexibility index (Phi) is 4.80. The summed E-state index contributed by atoms with van der Waals surface area (Å²) < 4.78 is 23.1. The van der Waals surface area contributed by atoms with Crippen molar-refractivity contribution in [1.82, 2.24) is 19.9 Å². The lowest BCUT2D eigenvalue weighted by atomic mass is 10.3. The van der Waals surface area contributed by atoms with E-state index in [1.54, 1.807) is 5.38 Å². The minimum Gasteiger partial charge on any atom is -0.480 e. The van der Waals surface area contributed by atoms with Crippen LogP contribution >= 0.6 is 11.3 Å². The minimum atomic E-state index is -0.526. The van der Waals surface area contributed by atoms with E-state index in [2.05, 4.69) is 25.3 Å². The molecule has 0 unspecified atom stereocenters. The van der Waals surface area contributed by atoms with Gasteiger partial charge in [-0.3, -0.25) is 15.1 Å². The molecule has 25 heavy (non-hydrogen) atoms. The Bertz CT molecular complexity index is 878. The summed E-state index contributed by atoms with van der Waals surface area (Å²) >= 11 is 1.20. The van der Waals surface area contributed by atoms with Gasteiger partial charge in [-0.2, -0.15) is 0 Å². The maximum Gasteiger partial charge on any atom is 0.268 e. The number of hydrogen-bond acceptors (Lipinski definition) is 8. The molecule has 0 saturated carbocycles. The summed E-state index contributed by atoms with van der Waals surface area (Å²) in [6.45, 7) is 0. The van der Waals surface area contributed by atoms with E-state index < -0.39 is 11.7 Å². The molecule has 0 bridgehead atoms. The number of halogens is 1. The molecule has 3 aromatic rings. The smallest absolute Gasteiger partial charge is 0.268 e. The second kappa shape index (κ2) is 7.18. The van der Waals surface area contributed by atoms with Crippen molar-refractivity contribution in [3.05, 3.63) is 41.4 Å². The predicted octanol–water partition coefficient (Wildman–Crippen LogP) is 2.40. The first kappa shape index (κ1) is 16.7. The lowest BCUT2D eigenvalue weighted by molar-refractivity contribution is 0.101. The van der Waals surface area contributed by atoms with Crippen LogP contribution in [0, 0.1) is 5.82 Å². The Morgan fingerprint density at radius 3 is 2.44 bits per heavy atom. The van der Waals surface area contributed by atoms with Gasteiger partial charge in [-0.05, 0) is 12.1 Å². The molecular weight excluding hydrogens is 349 g/mol. The third-order valence-electron chi connectivity index (χ3n) is 3.11. The van der Waals surface area contributed by atoms with E-state index in [4.69, 9.17) is 9.47 Å². The van der Waals surface area contributed by atoms with Gasteiger partial charge in [-0.15, -0.1) is 11.3 Å². The van der Waals surface area contributed by atoms with Crippen LogP contribution < -0.4 is 14.8 Å². The van der Waals surface area contributed by atoms with Gasteiger partial charge in [0.2, 0.25) is 11.8 Å². The standard InChI is InChI=1S/C15H12FN5O3S/c1-23-13-11(14(24-2)19-7-18-13)12(22)21-15-20-10(6-25-15)9-4-3-8(16)5-17-9/h3-7H,1-2H3,(H,20,21,22). The quantitative estimate of drug-likeness (QED) is 0.745. The van der Waals surface area contributed by atoms with Crippen molar-refractivity contribution >= 4 is 22.4 Å². The average molecular weight is 361 g/mol. The summed E-state index contributed by atoms with van der Waals surface area (Å²) in [7, 11) is 2.78. The van der Waals surface area contributed by atoms with Crippen molar-refractivity contribution in [2.24, 2.45) is 0 Å². The number of anilines is 1. The number of pyridine rings is 1. The molecule has 0 aliphatic heterocycles. The first-order chi connectivity index (χ1) is 12.1. The normalized spacial score (nSPS) is 10.4. The number of carbonyl (C=O) groups excluding carboxylic acids is 1. The molecule has 0 aliphatic carbocycles. The van der Waals surface area contributed by atoms with E-state index in [0.717, 1.165) is 6.20 Å². The SMILES string of the molecule is COc1ncnc(OC)c1C(=O)Nc1nc(-c2ccc(F)cn2)cs1. The van der Waals surface area contributed by atoms with Crippen LogP contribution in [0.2, 0.25) is 0 Å². The second-order valence-electron chi connectivity index (χ2n) is 4.62. The summed E-state index contributed by atoms with van der Waals surface area (Å²) in [5.74, 6) is -0.791. The molecule has 3 heterocycles. The topological polar surface area (TPSA) is 99.1 Å². The van der Waals surface area contributed by atoms with E-state index in [0.29, 0.717) is 16.5 Å². The van der Waals surface area contributed by atoms with Gasteiger partial charge in [0.15, 0.2) is 10.7 Å². The van der Waals surface area contributed by atoms with Crippen molar-refractivity contribution in [1.29, 1.82) is 0 Å². The highest BCUT2D eigenvalue weighted by molar-refractivity contribution is 7.14. The highest BCUT2D eigenvalue weighted by Crippen LogP contribution is 2.27. The summed E-state index contributed by atoms with van der Waals surface area (Å²) in [6.07, 6.45) is 2.33. The third kappa shape index (κ3) is 3.53. The Labute approximate surface area is 145 Å². The molecule has 0 saturated heterocycles. The van der Waals surface area contributed by atoms with E-state index in [1.807, 2.05) is 0 Å². The maximum atomic E-state index is 12.9. The second-order valence-corrected chi connectivity index (χ2v) is 5.48. The Hall–Kier alpha value is -3.14. The maximum absolute atomic E-state index is 12.9. The minimum absolute atomic E-state index is 0.0594. The van der Waals surface area contributed by atoms with Gasteiger partial charge in [0.25, 0.3) is 5.91 Å². The first-order valence-electron chi connectivity index (χ1n) is 6.94. The molecule has 3 aromatic heterocycles.